The molecule has 0 spiro atoms. The second kappa shape index (κ2) is 9.50. The van der Waals surface area contributed by atoms with Crippen molar-refractivity contribution in [3.63, 3.8) is 0 Å². The lowest BCUT2D eigenvalue weighted by Crippen LogP contribution is -2.36. The first-order valence-electron chi connectivity index (χ1n) is 6.36. The number of nitrogens with two attached hydrogens (primary N) is 1. The number of nitrogens with one attached hydrogen (secondary N) is 1. The van der Waals surface area contributed by atoms with Crippen LogP contribution in [0.15, 0.2) is 11.4 Å². The molecule has 0 saturated carbocycles. The number of hydrogen-bond acceptors (Lipinski definition) is 5. The molecule has 0 unspecified atom stereocenters. The molecular formula is C14H21N3O2S. The van der Waals surface area contributed by atoms with E-state index in [9.17, 15) is 4.79 Å². The molecule has 0 aromatic carbocycles. The van der Waals surface area contributed by atoms with Crippen molar-refractivity contribution < 1.29 is 9.53 Å². The molecule has 0 aliphatic carbocycles. The third-order valence-electron chi connectivity index (χ3n) is 2.46. The fourth-order valence-corrected chi connectivity index (χ4v) is 2.49. The van der Waals surface area contributed by atoms with Gasteiger partial charge in [-0.1, -0.05) is 11.8 Å². The maximum atomic E-state index is 11.6. The van der Waals surface area contributed by atoms with Crippen LogP contribution in [0.1, 0.15) is 10.4 Å². The van der Waals surface area contributed by atoms with E-state index in [0.29, 0.717) is 26.2 Å². The van der Waals surface area contributed by atoms with Crippen LogP contribution in [0.2, 0.25) is 0 Å². The van der Waals surface area contributed by atoms with Crippen molar-refractivity contribution in [1.29, 1.82) is 0 Å². The van der Waals surface area contributed by atoms with E-state index in [1.165, 1.54) is 4.88 Å². The summed E-state index contributed by atoms with van der Waals surface area (Å²) in [4.78, 5) is 14.8. The van der Waals surface area contributed by atoms with Gasteiger partial charge in [0.05, 0.1) is 19.7 Å². The molecule has 0 aliphatic rings. The van der Waals surface area contributed by atoms with Gasteiger partial charge < -0.3 is 15.8 Å². The summed E-state index contributed by atoms with van der Waals surface area (Å²) in [6.07, 6.45) is 0. The second-order valence-corrected chi connectivity index (χ2v) is 5.32. The molecule has 20 heavy (non-hydrogen) atoms. The number of methoxy groups -OCH3 is 1. The Labute approximate surface area is 124 Å². The number of likely N-dealkylation sites (N-methyl/N-ethyl adjacent to an activating group) is 1. The van der Waals surface area contributed by atoms with Gasteiger partial charge in [0, 0.05) is 36.0 Å². The molecule has 0 saturated heterocycles. The summed E-state index contributed by atoms with van der Waals surface area (Å²) in [5.74, 6) is 5.83. The molecule has 3 N–H and O–H groups in total. The van der Waals surface area contributed by atoms with E-state index in [2.05, 4.69) is 17.2 Å². The van der Waals surface area contributed by atoms with Crippen LogP contribution < -0.4 is 11.1 Å². The lowest BCUT2D eigenvalue weighted by Gasteiger charge is -2.15. The predicted octanol–water partition coefficient (Wildman–Crippen LogP) is 0.253. The summed E-state index contributed by atoms with van der Waals surface area (Å²) in [6.45, 7) is 2.54. The van der Waals surface area contributed by atoms with Crippen molar-refractivity contribution in [3.8, 4) is 11.8 Å². The fourth-order valence-electron chi connectivity index (χ4n) is 1.60. The Morgan fingerprint density at radius 1 is 1.60 bits per heavy atom. The highest BCUT2D eigenvalue weighted by Gasteiger charge is 2.07. The molecule has 0 fully saturated rings. The van der Waals surface area contributed by atoms with Crippen LogP contribution in [0.5, 0.6) is 0 Å². The quantitative estimate of drug-likeness (QED) is 0.559. The summed E-state index contributed by atoms with van der Waals surface area (Å²) in [5.41, 5.74) is 6.32. The highest BCUT2D eigenvalue weighted by molar-refractivity contribution is 7.10. The van der Waals surface area contributed by atoms with Crippen LogP contribution in [-0.4, -0.2) is 51.2 Å². The fraction of sp³-hybridized carbons (Fsp3) is 0.500. The molecule has 6 heteroatoms. The van der Waals surface area contributed by atoms with Gasteiger partial charge in [0.15, 0.2) is 0 Å². The van der Waals surface area contributed by atoms with Crippen molar-refractivity contribution in [1.82, 2.24) is 10.2 Å². The van der Waals surface area contributed by atoms with E-state index in [1.54, 1.807) is 18.4 Å². The standard InChI is InChI=1S/C14H21N3O2S/c1-17(10-14(18)16-6-7-19-2)9-13-8-12(11-20-13)4-3-5-15/h8,11H,5-7,9-10,15H2,1-2H3,(H,16,18). The Hall–Kier alpha value is -1.39. The van der Waals surface area contributed by atoms with Gasteiger partial charge >= 0.3 is 0 Å². The van der Waals surface area contributed by atoms with Crippen LogP contribution in [-0.2, 0) is 16.1 Å². The van der Waals surface area contributed by atoms with Crippen molar-refractivity contribution in [2.24, 2.45) is 5.73 Å². The summed E-state index contributed by atoms with van der Waals surface area (Å²) >= 11 is 1.64. The third-order valence-corrected chi connectivity index (χ3v) is 3.38. The van der Waals surface area contributed by atoms with Gasteiger partial charge in [0.2, 0.25) is 5.91 Å². The number of ether oxygens (including phenoxy) is 1. The maximum absolute atomic E-state index is 11.6. The molecule has 0 aliphatic heterocycles. The zero-order chi connectivity index (χ0) is 14.8. The Morgan fingerprint density at radius 3 is 3.10 bits per heavy atom. The van der Waals surface area contributed by atoms with Crippen molar-refractivity contribution in [2.45, 2.75) is 6.54 Å². The Balaban J connectivity index is 2.36. The number of carbonyl (C=O) groups is 1. The molecule has 1 rings (SSSR count). The molecule has 5 nitrogen and oxygen atoms in total. The van der Waals surface area contributed by atoms with Gasteiger partial charge in [-0.25, -0.2) is 0 Å². The molecule has 1 aromatic heterocycles. The zero-order valence-corrected chi connectivity index (χ0v) is 12.8. The number of carbonyl (C=O) groups excluding carboxylic acids is 1. The minimum Gasteiger partial charge on any atom is -0.383 e. The number of amides is 1. The molecule has 0 bridgehead atoms. The summed E-state index contributed by atoms with van der Waals surface area (Å²) < 4.78 is 4.88. The van der Waals surface area contributed by atoms with Crippen LogP contribution in [0, 0.1) is 11.8 Å². The largest absolute Gasteiger partial charge is 0.383 e. The highest BCUT2D eigenvalue weighted by atomic mass is 32.1. The molecule has 110 valence electrons. The van der Waals surface area contributed by atoms with Gasteiger partial charge in [-0.15, -0.1) is 11.3 Å². The average Bonchev–Trinajstić information content (AvgIpc) is 2.84. The lowest BCUT2D eigenvalue weighted by atomic mass is 10.3. The van der Waals surface area contributed by atoms with Gasteiger partial charge in [0.1, 0.15) is 0 Å². The lowest BCUT2D eigenvalue weighted by molar-refractivity contribution is -0.122. The normalized spacial score (nSPS) is 10.2. The number of nitrogens with zero attached hydrogens (tertiary/aromatic N) is 1. The van der Waals surface area contributed by atoms with Gasteiger partial charge in [0.25, 0.3) is 0 Å². The summed E-state index contributed by atoms with van der Waals surface area (Å²) in [5, 5.41) is 4.80. The monoisotopic (exact) mass is 295 g/mol. The van der Waals surface area contributed by atoms with Crippen molar-refractivity contribution >= 4 is 17.2 Å². The van der Waals surface area contributed by atoms with Crippen molar-refractivity contribution in [2.75, 3.05) is 40.4 Å². The topological polar surface area (TPSA) is 67.6 Å². The first-order valence-corrected chi connectivity index (χ1v) is 7.24. The SMILES string of the molecule is COCCNC(=O)CN(C)Cc1cc(C#CCN)cs1. The van der Waals surface area contributed by atoms with Crippen LogP contribution in [0.3, 0.4) is 0 Å². The van der Waals surface area contributed by atoms with E-state index < -0.39 is 0 Å². The highest BCUT2D eigenvalue weighted by Crippen LogP contribution is 2.15. The number of rotatable bonds is 7. The van der Waals surface area contributed by atoms with Gasteiger partial charge in [-0.3, -0.25) is 9.69 Å². The van der Waals surface area contributed by atoms with Crippen LogP contribution in [0.4, 0.5) is 0 Å². The summed E-state index contributed by atoms with van der Waals surface area (Å²) in [6, 6.07) is 2.03. The van der Waals surface area contributed by atoms with E-state index >= 15 is 0 Å². The number of hydrogen-bond donors (Lipinski definition) is 2. The van der Waals surface area contributed by atoms with Crippen LogP contribution >= 0.6 is 11.3 Å². The third kappa shape index (κ3) is 6.68. The molecule has 1 amide bonds. The molecular weight excluding hydrogens is 274 g/mol. The Morgan fingerprint density at radius 2 is 2.40 bits per heavy atom. The first kappa shape index (κ1) is 16.7. The second-order valence-electron chi connectivity index (χ2n) is 4.32. The average molecular weight is 295 g/mol. The van der Waals surface area contributed by atoms with E-state index in [4.69, 9.17) is 10.5 Å². The molecule has 0 atom stereocenters. The summed E-state index contributed by atoms with van der Waals surface area (Å²) in [7, 11) is 3.53. The molecule has 0 radical (unpaired) electrons. The minimum absolute atomic E-state index is 0.00394. The minimum atomic E-state index is 0.00394. The van der Waals surface area contributed by atoms with Crippen molar-refractivity contribution in [3.05, 3.63) is 21.9 Å². The Kier molecular flexibility index (Phi) is 7.92. The molecule has 1 aromatic rings. The smallest absolute Gasteiger partial charge is 0.234 e. The predicted molar refractivity (Wildman–Crippen MR) is 81.5 cm³/mol. The van der Waals surface area contributed by atoms with E-state index in [1.807, 2.05) is 23.4 Å². The van der Waals surface area contributed by atoms with Gasteiger partial charge in [-0.2, -0.15) is 0 Å². The number of thiophene rings is 1. The van der Waals surface area contributed by atoms with Gasteiger partial charge in [-0.05, 0) is 13.1 Å². The first-order chi connectivity index (χ1) is 9.65. The van der Waals surface area contributed by atoms with E-state index in [-0.39, 0.29) is 5.91 Å². The maximum Gasteiger partial charge on any atom is 0.234 e. The molecule has 1 heterocycles. The van der Waals surface area contributed by atoms with E-state index in [0.717, 1.165) is 12.1 Å². The zero-order valence-electron chi connectivity index (χ0n) is 11.9. The Bertz CT molecular complexity index is 476. The van der Waals surface area contributed by atoms with Crippen LogP contribution in [0.25, 0.3) is 0 Å².